The van der Waals surface area contributed by atoms with Crippen LogP contribution in [0.25, 0.3) is 0 Å². The molecule has 1 aromatic heterocycles. The van der Waals surface area contributed by atoms with E-state index in [4.69, 9.17) is 0 Å². The van der Waals surface area contributed by atoms with Gasteiger partial charge in [-0.25, -0.2) is 14.4 Å². The summed E-state index contributed by atoms with van der Waals surface area (Å²) >= 11 is 0. The Bertz CT molecular complexity index is 609. The van der Waals surface area contributed by atoms with E-state index >= 15 is 0 Å². The third-order valence-electron chi connectivity index (χ3n) is 4.63. The van der Waals surface area contributed by atoms with Gasteiger partial charge < -0.3 is 10.6 Å². The van der Waals surface area contributed by atoms with Gasteiger partial charge in [0.25, 0.3) is 0 Å². The van der Waals surface area contributed by atoms with Crippen LogP contribution < -0.4 is 25.0 Å². The van der Waals surface area contributed by atoms with Crippen LogP contribution in [0.2, 0.25) is 0 Å². The minimum Gasteiger partial charge on any atom is -0.357 e. The Morgan fingerprint density at radius 3 is 1.65 bits per heavy atom. The Balaban J connectivity index is 2.15. The van der Waals surface area contributed by atoms with E-state index < -0.39 is 0 Å². The lowest BCUT2D eigenvalue weighted by atomic mass is 9.87. The molecule has 1 aromatic rings. The fourth-order valence-corrected chi connectivity index (χ4v) is 3.05. The molecule has 0 saturated heterocycles. The Kier molecular flexibility index (Phi) is 3.74. The first-order valence-electron chi connectivity index (χ1n) is 8.26. The van der Waals surface area contributed by atoms with Gasteiger partial charge in [0, 0.05) is 24.5 Å². The van der Waals surface area contributed by atoms with E-state index in [0.717, 1.165) is 0 Å². The quantitative estimate of drug-likeness (QED) is 0.821. The minimum absolute atomic E-state index is 0.0952. The first-order chi connectivity index (χ1) is 10.8. The smallest absolute Gasteiger partial charge is 0.230 e. The fraction of sp³-hybridized carbons (Fsp3) is 0.500. The molecule has 2 atom stereocenters. The maximum atomic E-state index is 3.34. The maximum Gasteiger partial charge on any atom is 0.230 e. The van der Waals surface area contributed by atoms with E-state index in [1.54, 1.807) is 0 Å². The van der Waals surface area contributed by atoms with Crippen LogP contribution in [0.4, 0.5) is 11.6 Å². The Labute approximate surface area is 139 Å². The Hall–Kier alpha value is -2.17. The molecule has 0 spiro atoms. The first kappa shape index (κ1) is 15.7. The summed E-state index contributed by atoms with van der Waals surface area (Å²) in [6.07, 6.45) is 8.75. The summed E-state index contributed by atoms with van der Waals surface area (Å²) in [5, 5.41) is 6.69. The van der Waals surface area contributed by atoms with Crippen LogP contribution in [0.15, 0.2) is 36.9 Å². The van der Waals surface area contributed by atoms with Crippen molar-refractivity contribution in [2.75, 3.05) is 9.80 Å². The second-order valence-corrected chi connectivity index (χ2v) is 7.40. The van der Waals surface area contributed by atoms with Crippen molar-refractivity contribution in [1.82, 2.24) is 10.6 Å². The summed E-state index contributed by atoms with van der Waals surface area (Å²) in [7, 11) is 2.13. The van der Waals surface area contributed by atoms with Gasteiger partial charge in [-0.05, 0) is 24.8 Å². The van der Waals surface area contributed by atoms with Crippen LogP contribution in [0.3, 0.4) is 0 Å². The highest BCUT2D eigenvalue weighted by atomic mass is 15.4. The van der Waals surface area contributed by atoms with Gasteiger partial charge in [0.05, 0.1) is 19.4 Å². The number of rotatable bonds is 2. The lowest BCUT2D eigenvalue weighted by Gasteiger charge is -2.27. The second-order valence-electron chi connectivity index (χ2n) is 7.40. The predicted octanol–water partition coefficient (Wildman–Crippen LogP) is 2.26. The number of pyridine rings is 1. The summed E-state index contributed by atoms with van der Waals surface area (Å²) in [5.74, 6) is 2.38. The molecule has 0 bridgehead atoms. The van der Waals surface area contributed by atoms with Gasteiger partial charge >= 0.3 is 0 Å². The fourth-order valence-electron chi connectivity index (χ4n) is 3.05. The number of anilines is 2. The van der Waals surface area contributed by atoms with Gasteiger partial charge in [-0.3, -0.25) is 0 Å². The summed E-state index contributed by atoms with van der Waals surface area (Å²) in [5.41, 5.74) is 1.43. The average molecular weight is 314 g/mol. The van der Waals surface area contributed by atoms with Crippen molar-refractivity contribution in [3.05, 3.63) is 42.5 Å². The molecule has 3 rings (SSSR count). The molecule has 3 heterocycles. The number of hydrogen-bond donors (Lipinski definition) is 2. The van der Waals surface area contributed by atoms with Gasteiger partial charge in [-0.1, -0.05) is 20.8 Å². The van der Waals surface area contributed by atoms with Crippen LogP contribution in [0.5, 0.6) is 0 Å². The van der Waals surface area contributed by atoms with E-state index in [1.165, 1.54) is 17.2 Å². The van der Waals surface area contributed by atoms with E-state index in [1.807, 2.05) is 12.4 Å². The van der Waals surface area contributed by atoms with Crippen LogP contribution >= 0.6 is 0 Å². The second kappa shape index (κ2) is 5.48. The molecule has 0 aromatic carbocycles. The normalized spacial score (nSPS) is 23.4. The molecule has 0 saturated carbocycles. The Morgan fingerprint density at radius 2 is 1.35 bits per heavy atom. The van der Waals surface area contributed by atoms with Crippen LogP contribution in [-0.4, -0.2) is 12.3 Å². The highest BCUT2D eigenvalue weighted by molar-refractivity contribution is 5.52. The molecule has 5 nitrogen and oxygen atoms in total. The van der Waals surface area contributed by atoms with E-state index in [9.17, 15) is 0 Å². The zero-order chi connectivity index (χ0) is 16.8. The van der Waals surface area contributed by atoms with Gasteiger partial charge in [-0.2, -0.15) is 0 Å². The van der Waals surface area contributed by atoms with Crippen LogP contribution in [0, 0.1) is 0 Å². The molecule has 0 fully saturated rings. The zero-order valence-electron chi connectivity index (χ0n) is 15.0. The largest absolute Gasteiger partial charge is 0.357 e. The lowest BCUT2D eigenvalue weighted by Crippen LogP contribution is -2.47. The molecule has 5 heteroatoms. The molecule has 2 aliphatic heterocycles. The van der Waals surface area contributed by atoms with E-state index in [2.05, 4.69) is 91.2 Å². The van der Waals surface area contributed by atoms with Gasteiger partial charge in [0.2, 0.25) is 11.6 Å². The highest BCUT2D eigenvalue weighted by Crippen LogP contribution is 2.30. The molecule has 0 unspecified atom stereocenters. The van der Waals surface area contributed by atoms with Crippen molar-refractivity contribution < 1.29 is 4.57 Å². The monoisotopic (exact) mass is 314 g/mol. The van der Waals surface area contributed by atoms with Crippen molar-refractivity contribution >= 4 is 11.6 Å². The molecule has 2 N–H and O–H groups in total. The molecule has 2 aliphatic rings. The van der Waals surface area contributed by atoms with Gasteiger partial charge in [-0.15, -0.1) is 0 Å². The summed E-state index contributed by atoms with van der Waals surface area (Å²) in [4.78, 5) is 4.55. The lowest BCUT2D eigenvalue weighted by molar-refractivity contribution is -0.646. The molecule has 124 valence electrons. The zero-order valence-corrected chi connectivity index (χ0v) is 15.0. The van der Waals surface area contributed by atoms with Crippen molar-refractivity contribution in [2.24, 2.45) is 7.05 Å². The van der Waals surface area contributed by atoms with Gasteiger partial charge in [0.15, 0.2) is 0 Å². The topological polar surface area (TPSA) is 34.4 Å². The van der Waals surface area contributed by atoms with Crippen molar-refractivity contribution in [3.8, 4) is 0 Å². The van der Waals surface area contributed by atoms with E-state index in [0.29, 0.717) is 0 Å². The predicted molar refractivity (Wildman–Crippen MR) is 94.8 cm³/mol. The number of aromatic nitrogens is 1. The van der Waals surface area contributed by atoms with E-state index in [-0.39, 0.29) is 17.7 Å². The highest BCUT2D eigenvalue weighted by Gasteiger charge is 2.31. The number of nitrogens with zero attached hydrogens (tertiary/aromatic N) is 3. The number of nitrogens with one attached hydrogen (secondary N) is 2. The minimum atomic E-state index is 0.0952. The summed E-state index contributed by atoms with van der Waals surface area (Å²) in [6.45, 7) is 11.1. The molecule has 0 aliphatic carbocycles. The average Bonchev–Trinajstić information content (AvgIpc) is 3.07. The van der Waals surface area contributed by atoms with Gasteiger partial charge in [0.1, 0.15) is 12.3 Å². The first-order valence-corrected chi connectivity index (χ1v) is 8.26. The maximum absolute atomic E-state index is 3.34. The Morgan fingerprint density at radius 1 is 0.913 bits per heavy atom. The summed E-state index contributed by atoms with van der Waals surface area (Å²) in [6, 6.07) is 4.60. The molecule has 0 amide bonds. The third-order valence-corrected chi connectivity index (χ3v) is 4.63. The molecular formula is C18H28N5+. The molecular weight excluding hydrogens is 286 g/mol. The molecule has 23 heavy (non-hydrogen) atoms. The summed E-state index contributed by atoms with van der Waals surface area (Å²) < 4.78 is 2.26. The SMILES string of the molecule is C[C@@H]1NC=CN1c1cc(C(C)(C)C)cc(N2C=CN[C@@H]2C)[n+]1C. The van der Waals surface area contributed by atoms with Crippen molar-refractivity contribution in [3.63, 3.8) is 0 Å². The molecule has 0 radical (unpaired) electrons. The third kappa shape index (κ3) is 2.76. The van der Waals surface area contributed by atoms with Crippen molar-refractivity contribution in [1.29, 1.82) is 0 Å². The van der Waals surface area contributed by atoms with Crippen LogP contribution in [-0.2, 0) is 12.5 Å². The van der Waals surface area contributed by atoms with Crippen molar-refractivity contribution in [2.45, 2.75) is 52.4 Å². The number of hydrogen-bond acceptors (Lipinski definition) is 4. The van der Waals surface area contributed by atoms with Crippen LogP contribution in [0.1, 0.15) is 40.2 Å². The standard InChI is InChI=1S/C18H28N5/c1-13-19-7-9-22(13)16-11-15(18(3,4)5)12-17(21(16)6)23-10-8-20-14(23)2/h7-14,19-20H,1-6H3/q+1/t13-,14+.